The Kier molecular flexibility index (Phi) is 36.9. The molecule has 0 radical (unpaired) electrons. The highest BCUT2D eigenvalue weighted by molar-refractivity contribution is 5.68. The minimum absolute atomic E-state index is 0.0202. The van der Waals surface area contributed by atoms with Gasteiger partial charge in [0.1, 0.15) is 12.7 Å². The summed E-state index contributed by atoms with van der Waals surface area (Å²) in [4.78, 5) is 47.7. The van der Waals surface area contributed by atoms with Crippen LogP contribution in [-0.2, 0) is 28.8 Å². The highest BCUT2D eigenvalue weighted by atomic mass is 17.2. The van der Waals surface area contributed by atoms with Crippen LogP contribution in [0.15, 0.2) is 0 Å². The molecule has 0 fully saturated rings. The van der Waals surface area contributed by atoms with Gasteiger partial charge in [0.15, 0.2) is 0 Å². The molecule has 0 bridgehead atoms. The molecule has 0 saturated heterocycles. The maximum Gasteiger partial charge on any atom is 0.508 e. The molecule has 0 aliphatic rings. The lowest BCUT2D eigenvalue weighted by atomic mass is 10.0. The topological polar surface area (TPSA) is 112 Å². The zero-order valence-electron chi connectivity index (χ0n) is 32.9. The summed E-state index contributed by atoms with van der Waals surface area (Å²) in [7, 11) is 0. The van der Waals surface area contributed by atoms with Crippen LogP contribution in [0.2, 0.25) is 0 Å². The van der Waals surface area contributed by atoms with Gasteiger partial charge in [0.25, 0.3) is 0 Å². The number of aliphatic carboxylic acids is 1. The van der Waals surface area contributed by atoms with Crippen molar-refractivity contribution in [2.24, 2.45) is 0 Å². The van der Waals surface area contributed by atoms with Crippen LogP contribution in [-0.4, -0.2) is 67.1 Å². The van der Waals surface area contributed by atoms with Crippen LogP contribution in [0.25, 0.3) is 0 Å². The van der Waals surface area contributed by atoms with E-state index in [1.807, 2.05) is 0 Å². The van der Waals surface area contributed by atoms with Gasteiger partial charge < -0.3 is 19.5 Å². The third-order valence-corrected chi connectivity index (χ3v) is 9.55. The highest BCUT2D eigenvalue weighted by Gasteiger charge is 2.18. The third kappa shape index (κ3) is 35.9. The Hall–Kier alpha value is -1.87. The quantitative estimate of drug-likeness (QED) is 0.0288. The van der Waals surface area contributed by atoms with E-state index in [2.05, 4.69) is 25.7 Å². The molecule has 0 aromatic heterocycles. The van der Waals surface area contributed by atoms with Crippen molar-refractivity contribution in [1.29, 1.82) is 0 Å². The van der Waals surface area contributed by atoms with Crippen LogP contribution in [0.3, 0.4) is 0 Å². The molecule has 50 heavy (non-hydrogen) atoms. The molecule has 1 atom stereocenters. The first-order valence-electron chi connectivity index (χ1n) is 21.0. The summed E-state index contributed by atoms with van der Waals surface area (Å²) in [6.45, 7) is 9.65. The van der Waals surface area contributed by atoms with Gasteiger partial charge in [-0.05, 0) is 45.2 Å². The normalized spacial score (nSPS) is 11.9. The monoisotopic (exact) mass is 714 g/mol. The molecule has 0 amide bonds. The summed E-state index contributed by atoms with van der Waals surface area (Å²) in [5.74, 6) is -1.06. The van der Waals surface area contributed by atoms with Crippen LogP contribution in [0.1, 0.15) is 207 Å². The van der Waals surface area contributed by atoms with E-state index in [4.69, 9.17) is 24.4 Å². The number of unbranched alkanes of at least 4 members (excludes halogenated alkanes) is 23. The van der Waals surface area contributed by atoms with Crippen molar-refractivity contribution in [3.63, 3.8) is 0 Å². The summed E-state index contributed by atoms with van der Waals surface area (Å²) in [6, 6.07) is 0. The molecule has 0 rings (SSSR count). The fourth-order valence-corrected chi connectivity index (χ4v) is 6.25. The number of rotatable bonds is 39. The van der Waals surface area contributed by atoms with Gasteiger partial charge in [-0.3, -0.25) is 9.68 Å². The lowest BCUT2D eigenvalue weighted by Crippen LogP contribution is -2.27. The van der Waals surface area contributed by atoms with Crippen LogP contribution in [0, 0.1) is 0 Å². The predicted octanol–water partition coefficient (Wildman–Crippen LogP) is 11.7. The molecule has 0 aromatic rings. The van der Waals surface area contributed by atoms with Crippen molar-refractivity contribution < 1.29 is 38.7 Å². The summed E-state index contributed by atoms with van der Waals surface area (Å²) in [6.07, 6.45) is 30.5. The van der Waals surface area contributed by atoms with E-state index in [1.54, 1.807) is 0 Å². The average molecular weight is 714 g/mol. The maximum absolute atomic E-state index is 12.4. The van der Waals surface area contributed by atoms with E-state index in [9.17, 15) is 14.4 Å². The molecule has 0 aliphatic heterocycles. The van der Waals surface area contributed by atoms with Gasteiger partial charge in [-0.1, -0.05) is 162 Å². The molecule has 0 heterocycles. The number of hydrogen-bond donors (Lipinski definition) is 1. The first kappa shape index (κ1) is 48.1. The van der Waals surface area contributed by atoms with E-state index >= 15 is 0 Å². The lowest BCUT2D eigenvalue weighted by molar-refractivity contribution is -0.282. The molecule has 9 heteroatoms. The number of carbonyl (C=O) groups excluding carboxylic acids is 2. The molecule has 9 nitrogen and oxygen atoms in total. The van der Waals surface area contributed by atoms with Crippen molar-refractivity contribution >= 4 is 18.1 Å². The third-order valence-electron chi connectivity index (χ3n) is 9.55. The smallest absolute Gasteiger partial charge is 0.481 e. The Bertz CT molecular complexity index is 761. The molecular formula is C41H79NO8. The highest BCUT2D eigenvalue weighted by Crippen LogP contribution is 2.16. The number of carbonyl (C=O) groups is 3. The summed E-state index contributed by atoms with van der Waals surface area (Å²) in [5.41, 5.74) is 0. The number of ether oxygens (including phenoxy) is 2. The Morgan fingerprint density at radius 3 is 1.46 bits per heavy atom. The van der Waals surface area contributed by atoms with Crippen molar-refractivity contribution in [3.05, 3.63) is 0 Å². The molecule has 0 aliphatic carbocycles. The van der Waals surface area contributed by atoms with E-state index in [-0.39, 0.29) is 12.6 Å². The van der Waals surface area contributed by atoms with Crippen molar-refractivity contribution in [1.82, 2.24) is 4.90 Å². The van der Waals surface area contributed by atoms with Crippen LogP contribution in [0.5, 0.6) is 0 Å². The predicted molar refractivity (Wildman–Crippen MR) is 203 cm³/mol. The summed E-state index contributed by atoms with van der Waals surface area (Å²) in [5, 5.41) is 8.66. The fraction of sp³-hybridized carbons (Fsp3) is 0.927. The summed E-state index contributed by atoms with van der Waals surface area (Å²) >= 11 is 0. The van der Waals surface area contributed by atoms with Crippen LogP contribution >= 0.6 is 0 Å². The van der Waals surface area contributed by atoms with Crippen molar-refractivity contribution in [3.8, 4) is 0 Å². The van der Waals surface area contributed by atoms with Gasteiger partial charge in [0.2, 0.25) is 0 Å². The molecule has 0 saturated carbocycles. The maximum atomic E-state index is 12.4. The first-order chi connectivity index (χ1) is 24.4. The largest absolute Gasteiger partial charge is 0.508 e. The van der Waals surface area contributed by atoms with Crippen LogP contribution in [0.4, 0.5) is 4.79 Å². The second-order valence-corrected chi connectivity index (χ2v) is 14.1. The van der Waals surface area contributed by atoms with Crippen molar-refractivity contribution in [2.75, 3.05) is 32.8 Å². The number of hydrogen-bond acceptors (Lipinski definition) is 8. The molecule has 0 aromatic carbocycles. The fourth-order valence-electron chi connectivity index (χ4n) is 6.25. The Morgan fingerprint density at radius 1 is 0.560 bits per heavy atom. The van der Waals surface area contributed by atoms with E-state index < -0.39 is 18.2 Å². The first-order valence-corrected chi connectivity index (χ1v) is 21.0. The zero-order valence-corrected chi connectivity index (χ0v) is 32.9. The van der Waals surface area contributed by atoms with Crippen LogP contribution < -0.4 is 0 Å². The molecule has 296 valence electrons. The Balaban J connectivity index is 4.02. The van der Waals surface area contributed by atoms with E-state index in [0.717, 1.165) is 77.4 Å². The second-order valence-electron chi connectivity index (χ2n) is 14.1. The van der Waals surface area contributed by atoms with Gasteiger partial charge in [0, 0.05) is 19.4 Å². The Morgan fingerprint density at radius 2 is 1.00 bits per heavy atom. The average Bonchev–Trinajstić information content (AvgIpc) is 3.10. The minimum Gasteiger partial charge on any atom is -0.481 e. The Labute approximate surface area is 307 Å². The molecule has 1 N–H and O–H groups in total. The number of carboxylic acids is 1. The van der Waals surface area contributed by atoms with E-state index in [0.29, 0.717) is 25.9 Å². The number of nitrogens with zero attached hydrogens (tertiary/aromatic N) is 1. The lowest BCUT2D eigenvalue weighted by Gasteiger charge is -2.19. The minimum atomic E-state index is -0.685. The molecule has 0 spiro atoms. The zero-order chi connectivity index (χ0) is 36.8. The molecular weight excluding hydrogens is 634 g/mol. The molecule has 1 unspecified atom stereocenters. The SMILES string of the molecule is CCCCCCCCCCCCC(COOC(=O)CCCCCCCCCCCCCCCCCC(=O)O)OC(=O)OCCCN(CC)CC. The van der Waals surface area contributed by atoms with E-state index in [1.165, 1.54) is 109 Å². The standard InChI is InChI=1S/C41H79NO8/c1-4-7-8-9-10-11-19-22-25-28-32-38(49-41(46)47-36-31-35-42(5-2)6-3)37-48-50-40(45)34-30-27-24-21-18-16-14-12-13-15-17-20-23-26-29-33-39(43)44/h38H,4-37H2,1-3H3,(H,43,44). The van der Waals surface area contributed by atoms with Gasteiger partial charge in [-0.15, -0.1) is 0 Å². The van der Waals surface area contributed by atoms with Crippen molar-refractivity contribution in [2.45, 2.75) is 213 Å². The van der Waals surface area contributed by atoms with Gasteiger partial charge >= 0.3 is 18.1 Å². The summed E-state index contributed by atoms with van der Waals surface area (Å²) < 4.78 is 10.9. The van der Waals surface area contributed by atoms with Gasteiger partial charge in [-0.25, -0.2) is 9.59 Å². The second kappa shape index (κ2) is 38.4. The van der Waals surface area contributed by atoms with Gasteiger partial charge in [0.05, 0.1) is 6.61 Å². The van der Waals surface area contributed by atoms with Gasteiger partial charge in [-0.2, -0.15) is 4.89 Å². The number of carboxylic acid groups (broad SMARTS) is 1.